The molecule has 0 aliphatic rings. The smallest absolute Gasteiger partial charge is 0.122 e. The van der Waals surface area contributed by atoms with Crippen LogP contribution in [0.2, 0.25) is 0 Å². The van der Waals surface area contributed by atoms with Gasteiger partial charge in [0, 0.05) is 13.1 Å². The van der Waals surface area contributed by atoms with E-state index >= 15 is 0 Å². The van der Waals surface area contributed by atoms with Gasteiger partial charge in [-0.05, 0) is 32.4 Å². The molecule has 4 N–H and O–H groups in total. The van der Waals surface area contributed by atoms with Crippen LogP contribution < -0.4 is 10.1 Å². The first-order chi connectivity index (χ1) is 9.34. The van der Waals surface area contributed by atoms with Crippen LogP contribution in [0.3, 0.4) is 0 Å². The van der Waals surface area contributed by atoms with Crippen LogP contribution in [-0.4, -0.2) is 53.3 Å². The maximum atomic E-state index is 9.79. The number of benzene rings is 1. The van der Waals surface area contributed by atoms with E-state index in [1.807, 2.05) is 32.0 Å². The van der Waals surface area contributed by atoms with Gasteiger partial charge in [0.1, 0.15) is 18.5 Å². The van der Waals surface area contributed by atoms with Crippen molar-refractivity contribution < 1.29 is 20.1 Å². The van der Waals surface area contributed by atoms with E-state index in [2.05, 4.69) is 5.32 Å². The zero-order chi connectivity index (χ0) is 15.2. The van der Waals surface area contributed by atoms with E-state index in [9.17, 15) is 10.2 Å². The zero-order valence-corrected chi connectivity index (χ0v) is 12.4. The van der Waals surface area contributed by atoms with Gasteiger partial charge >= 0.3 is 0 Å². The lowest BCUT2D eigenvalue weighted by atomic mass is 10.1. The average Bonchev–Trinajstić information content (AvgIpc) is 2.37. The minimum absolute atomic E-state index is 0.179. The molecule has 0 fully saturated rings. The number of rotatable bonds is 8. The minimum Gasteiger partial charge on any atom is -0.491 e. The Morgan fingerprint density at radius 3 is 2.65 bits per heavy atom. The summed E-state index contributed by atoms with van der Waals surface area (Å²) in [6.07, 6.45) is -0.676. The Hall–Kier alpha value is -1.14. The molecular formula is C15H25NO4. The normalized spacial score (nSPS) is 15.7. The van der Waals surface area contributed by atoms with Crippen molar-refractivity contribution in [1.82, 2.24) is 5.32 Å². The molecule has 5 heteroatoms. The summed E-state index contributed by atoms with van der Waals surface area (Å²) in [6, 6.07) is 5.88. The number of ether oxygens (including phenoxy) is 1. The van der Waals surface area contributed by atoms with Crippen LogP contribution in [0.1, 0.15) is 18.1 Å². The summed E-state index contributed by atoms with van der Waals surface area (Å²) in [5.41, 5.74) is 1.03. The van der Waals surface area contributed by atoms with Gasteiger partial charge in [0.25, 0.3) is 0 Å². The maximum absolute atomic E-state index is 9.79. The fraction of sp³-hybridized carbons (Fsp3) is 0.600. The number of hydrogen-bond acceptors (Lipinski definition) is 5. The van der Waals surface area contributed by atoms with Gasteiger partial charge in [-0.1, -0.05) is 17.7 Å². The van der Waals surface area contributed by atoms with Crippen molar-refractivity contribution in [3.8, 4) is 5.75 Å². The monoisotopic (exact) mass is 283 g/mol. The molecule has 114 valence electrons. The van der Waals surface area contributed by atoms with Crippen molar-refractivity contribution in [2.24, 2.45) is 0 Å². The second-order valence-electron chi connectivity index (χ2n) is 5.52. The third-order valence-corrected chi connectivity index (χ3v) is 2.99. The van der Waals surface area contributed by atoms with Crippen LogP contribution in [0.4, 0.5) is 0 Å². The number of nitrogens with one attached hydrogen (secondary N) is 1. The molecule has 0 radical (unpaired) electrons. The van der Waals surface area contributed by atoms with E-state index in [-0.39, 0.29) is 19.8 Å². The third kappa shape index (κ3) is 5.88. The first-order valence-electron chi connectivity index (χ1n) is 6.76. The highest BCUT2D eigenvalue weighted by molar-refractivity contribution is 5.35. The van der Waals surface area contributed by atoms with Crippen molar-refractivity contribution in [3.63, 3.8) is 0 Å². The lowest BCUT2D eigenvalue weighted by Gasteiger charge is -2.22. The van der Waals surface area contributed by atoms with E-state index in [1.165, 1.54) is 12.5 Å². The van der Waals surface area contributed by atoms with Gasteiger partial charge in [-0.3, -0.25) is 0 Å². The van der Waals surface area contributed by atoms with E-state index in [1.54, 1.807) is 0 Å². The predicted octanol–water partition coefficient (Wildman–Crippen LogP) is 0.376. The van der Waals surface area contributed by atoms with Crippen LogP contribution in [-0.2, 0) is 0 Å². The van der Waals surface area contributed by atoms with Crippen molar-refractivity contribution in [3.05, 3.63) is 29.3 Å². The second kappa shape index (κ2) is 7.59. The van der Waals surface area contributed by atoms with Crippen LogP contribution in [0.5, 0.6) is 5.75 Å². The van der Waals surface area contributed by atoms with Gasteiger partial charge in [0.15, 0.2) is 0 Å². The first-order valence-corrected chi connectivity index (χ1v) is 6.76. The highest BCUT2D eigenvalue weighted by Gasteiger charge is 2.18. The predicted molar refractivity (Wildman–Crippen MR) is 78.0 cm³/mol. The van der Waals surface area contributed by atoms with Gasteiger partial charge in [0.05, 0.1) is 12.2 Å². The van der Waals surface area contributed by atoms with E-state index in [0.717, 1.165) is 11.3 Å². The fourth-order valence-corrected chi connectivity index (χ4v) is 1.77. The third-order valence-electron chi connectivity index (χ3n) is 2.99. The lowest BCUT2D eigenvalue weighted by Crippen LogP contribution is -2.44. The van der Waals surface area contributed by atoms with Gasteiger partial charge in [-0.25, -0.2) is 0 Å². The molecule has 1 aromatic rings. The molecule has 0 aliphatic heterocycles. The van der Waals surface area contributed by atoms with Crippen LogP contribution in [0, 0.1) is 13.8 Å². The summed E-state index contributed by atoms with van der Waals surface area (Å²) in [6.45, 7) is 5.87. The summed E-state index contributed by atoms with van der Waals surface area (Å²) in [4.78, 5) is 0. The summed E-state index contributed by atoms with van der Waals surface area (Å²) >= 11 is 0. The van der Waals surface area contributed by atoms with Crippen molar-refractivity contribution >= 4 is 0 Å². The van der Waals surface area contributed by atoms with E-state index in [4.69, 9.17) is 9.84 Å². The molecule has 0 bridgehead atoms. The first kappa shape index (κ1) is 16.9. The molecule has 0 aromatic heterocycles. The Kier molecular flexibility index (Phi) is 6.42. The van der Waals surface area contributed by atoms with Crippen LogP contribution >= 0.6 is 0 Å². The molecular weight excluding hydrogens is 258 g/mol. The molecule has 0 saturated carbocycles. The number of aliphatic hydroxyl groups is 3. The average molecular weight is 283 g/mol. The highest BCUT2D eigenvalue weighted by atomic mass is 16.5. The molecule has 1 rings (SSSR count). The Morgan fingerprint density at radius 1 is 1.35 bits per heavy atom. The van der Waals surface area contributed by atoms with E-state index in [0.29, 0.717) is 6.54 Å². The largest absolute Gasteiger partial charge is 0.491 e. The van der Waals surface area contributed by atoms with Gasteiger partial charge in [-0.15, -0.1) is 0 Å². The Morgan fingerprint density at radius 2 is 2.05 bits per heavy atom. The molecule has 1 aromatic carbocycles. The summed E-state index contributed by atoms with van der Waals surface area (Å²) in [7, 11) is 0. The maximum Gasteiger partial charge on any atom is 0.122 e. The van der Waals surface area contributed by atoms with Gasteiger partial charge in [0.2, 0.25) is 0 Å². The van der Waals surface area contributed by atoms with Gasteiger partial charge < -0.3 is 25.4 Å². The summed E-state index contributed by atoms with van der Waals surface area (Å²) in [5.74, 6) is 0.761. The number of aryl methyl sites for hydroxylation is 2. The molecule has 20 heavy (non-hydrogen) atoms. The van der Waals surface area contributed by atoms with Crippen LogP contribution in [0.25, 0.3) is 0 Å². The number of aliphatic hydroxyl groups excluding tert-OH is 2. The van der Waals surface area contributed by atoms with E-state index < -0.39 is 11.7 Å². The lowest BCUT2D eigenvalue weighted by molar-refractivity contribution is -0.000330. The minimum atomic E-state index is -1.17. The Labute approximate surface area is 120 Å². The second-order valence-corrected chi connectivity index (χ2v) is 5.52. The highest BCUT2D eigenvalue weighted by Crippen LogP contribution is 2.18. The topological polar surface area (TPSA) is 82.0 Å². The number of hydrogen-bond donors (Lipinski definition) is 4. The quantitative estimate of drug-likeness (QED) is 0.554. The summed E-state index contributed by atoms with van der Waals surface area (Å²) in [5, 5.41) is 31.2. The molecule has 0 aliphatic carbocycles. The molecule has 2 unspecified atom stereocenters. The molecule has 0 heterocycles. The Balaban J connectivity index is 2.31. The van der Waals surface area contributed by atoms with Crippen molar-refractivity contribution in [1.29, 1.82) is 0 Å². The summed E-state index contributed by atoms with van der Waals surface area (Å²) < 4.78 is 5.56. The zero-order valence-electron chi connectivity index (χ0n) is 12.4. The van der Waals surface area contributed by atoms with Gasteiger partial charge in [-0.2, -0.15) is 0 Å². The standard InChI is InChI=1S/C15H25NO4/c1-11-4-5-14(12(2)6-11)20-8-13(18)7-16-9-15(3,19)10-17/h4-6,13,16-19H,7-10H2,1-3H3. The van der Waals surface area contributed by atoms with Crippen molar-refractivity contribution in [2.75, 3.05) is 26.3 Å². The molecule has 0 saturated heterocycles. The SMILES string of the molecule is Cc1ccc(OCC(O)CNCC(C)(O)CO)c(C)c1. The van der Waals surface area contributed by atoms with Crippen molar-refractivity contribution in [2.45, 2.75) is 32.5 Å². The molecule has 2 atom stereocenters. The van der Waals surface area contributed by atoms with Crippen LogP contribution in [0.15, 0.2) is 18.2 Å². The molecule has 5 nitrogen and oxygen atoms in total. The fourth-order valence-electron chi connectivity index (χ4n) is 1.77. The Bertz CT molecular complexity index is 420. The molecule has 0 spiro atoms. The molecule has 0 amide bonds.